The van der Waals surface area contributed by atoms with E-state index >= 15 is 0 Å². The van der Waals surface area contributed by atoms with Crippen LogP contribution in [0.5, 0.6) is 0 Å². The van der Waals surface area contributed by atoms with Crippen LogP contribution >= 0.6 is 23.7 Å². The predicted octanol–water partition coefficient (Wildman–Crippen LogP) is 3.93. The molecule has 1 amide bonds. The Balaban J connectivity index is 0.00000192. The second-order valence-corrected chi connectivity index (χ2v) is 6.71. The van der Waals surface area contributed by atoms with E-state index in [0.717, 1.165) is 37.1 Å². The Morgan fingerprint density at radius 3 is 2.87 bits per heavy atom. The van der Waals surface area contributed by atoms with Crippen LogP contribution in [0.3, 0.4) is 0 Å². The fraction of sp³-hybridized carbons (Fsp3) is 0.412. The van der Waals surface area contributed by atoms with Crippen molar-refractivity contribution in [2.45, 2.75) is 39.2 Å². The lowest BCUT2D eigenvalue weighted by Gasteiger charge is -2.21. The lowest BCUT2D eigenvalue weighted by molar-refractivity contribution is -0.118. The average molecular weight is 352 g/mol. The number of aryl methyl sites for hydroxylation is 2. The number of aromatic nitrogens is 1. The molecule has 1 aliphatic heterocycles. The number of thiazole rings is 1. The van der Waals surface area contributed by atoms with Crippen LogP contribution in [0.25, 0.3) is 11.3 Å². The highest BCUT2D eigenvalue weighted by molar-refractivity contribution is 7.14. The highest BCUT2D eigenvalue weighted by Gasteiger charge is 2.21. The molecule has 2 N–H and O–H groups in total. The van der Waals surface area contributed by atoms with Crippen molar-refractivity contribution in [2.24, 2.45) is 0 Å². The third-order valence-electron chi connectivity index (χ3n) is 4.02. The van der Waals surface area contributed by atoms with Crippen LogP contribution in [0.2, 0.25) is 0 Å². The summed E-state index contributed by atoms with van der Waals surface area (Å²) in [6.07, 6.45) is 3.16. The number of hydrogen-bond donors (Lipinski definition) is 2. The fourth-order valence-electron chi connectivity index (χ4n) is 2.82. The maximum absolute atomic E-state index is 12.2. The summed E-state index contributed by atoms with van der Waals surface area (Å²) in [5.74, 6) is 0.0289. The van der Waals surface area contributed by atoms with Gasteiger partial charge in [0.2, 0.25) is 5.91 Å². The molecule has 2 aromatic rings. The zero-order chi connectivity index (χ0) is 15.5. The van der Waals surface area contributed by atoms with E-state index in [2.05, 4.69) is 47.7 Å². The Kier molecular flexibility index (Phi) is 6.16. The average Bonchev–Trinajstić information content (AvgIpc) is 2.96. The molecule has 6 heteroatoms. The maximum Gasteiger partial charge on any atom is 0.243 e. The molecule has 1 aromatic heterocycles. The van der Waals surface area contributed by atoms with Gasteiger partial charge in [-0.05, 0) is 38.8 Å². The molecule has 23 heavy (non-hydrogen) atoms. The van der Waals surface area contributed by atoms with Gasteiger partial charge in [-0.25, -0.2) is 4.98 Å². The minimum absolute atomic E-state index is 0. The van der Waals surface area contributed by atoms with Gasteiger partial charge in [-0.2, -0.15) is 0 Å². The van der Waals surface area contributed by atoms with Gasteiger partial charge < -0.3 is 10.6 Å². The molecule has 0 saturated carbocycles. The highest BCUT2D eigenvalue weighted by Crippen LogP contribution is 2.28. The Labute approximate surface area is 147 Å². The number of halogens is 1. The molecule has 2 heterocycles. The second kappa shape index (κ2) is 7.90. The van der Waals surface area contributed by atoms with Gasteiger partial charge in [0.15, 0.2) is 5.13 Å². The minimum Gasteiger partial charge on any atom is -0.306 e. The van der Waals surface area contributed by atoms with Gasteiger partial charge in [0, 0.05) is 10.9 Å². The molecule has 0 radical (unpaired) electrons. The first-order valence-electron chi connectivity index (χ1n) is 7.71. The Bertz CT molecular complexity index is 680. The van der Waals surface area contributed by atoms with Gasteiger partial charge in [-0.15, -0.1) is 23.7 Å². The monoisotopic (exact) mass is 351 g/mol. The third kappa shape index (κ3) is 4.31. The van der Waals surface area contributed by atoms with Crippen molar-refractivity contribution in [3.8, 4) is 11.3 Å². The summed E-state index contributed by atoms with van der Waals surface area (Å²) < 4.78 is 0. The standard InChI is InChI=1S/C17H21N3OS.ClH/c1-11-6-7-13(12(2)9-11)15-10-22-17(19-15)20-16(21)14-5-3-4-8-18-14;/h6-7,9-10,14,18H,3-5,8H2,1-2H3,(H,19,20,21);1H. The van der Waals surface area contributed by atoms with Crippen LogP contribution in [-0.4, -0.2) is 23.5 Å². The largest absolute Gasteiger partial charge is 0.306 e. The zero-order valence-corrected chi connectivity index (χ0v) is 15.0. The molecular formula is C17H22ClN3OS. The number of nitrogens with zero attached hydrogens (tertiary/aromatic N) is 1. The van der Waals surface area contributed by atoms with Gasteiger partial charge in [0.25, 0.3) is 0 Å². The van der Waals surface area contributed by atoms with E-state index in [0.29, 0.717) is 5.13 Å². The summed E-state index contributed by atoms with van der Waals surface area (Å²) in [4.78, 5) is 16.8. The normalized spacial score (nSPS) is 17.4. The number of nitrogens with one attached hydrogen (secondary N) is 2. The first kappa shape index (κ1) is 17.9. The second-order valence-electron chi connectivity index (χ2n) is 5.85. The number of rotatable bonds is 3. The molecule has 124 valence electrons. The van der Waals surface area contributed by atoms with Crippen molar-refractivity contribution in [3.05, 3.63) is 34.7 Å². The SMILES string of the molecule is Cc1ccc(-c2csc(NC(=O)C3CCCCN3)n2)c(C)c1.Cl. The van der Waals surface area contributed by atoms with Crippen LogP contribution in [0.15, 0.2) is 23.6 Å². The van der Waals surface area contributed by atoms with E-state index < -0.39 is 0 Å². The lowest BCUT2D eigenvalue weighted by atomic mass is 10.0. The molecular weight excluding hydrogens is 330 g/mol. The highest BCUT2D eigenvalue weighted by atomic mass is 35.5. The number of hydrogen-bond acceptors (Lipinski definition) is 4. The third-order valence-corrected chi connectivity index (χ3v) is 4.78. The minimum atomic E-state index is -0.0813. The molecule has 1 unspecified atom stereocenters. The molecule has 0 aliphatic carbocycles. The van der Waals surface area contributed by atoms with E-state index in [9.17, 15) is 4.79 Å². The van der Waals surface area contributed by atoms with E-state index in [1.165, 1.54) is 22.5 Å². The van der Waals surface area contributed by atoms with Crippen LogP contribution < -0.4 is 10.6 Å². The number of anilines is 1. The van der Waals surface area contributed by atoms with E-state index in [4.69, 9.17) is 0 Å². The van der Waals surface area contributed by atoms with Crippen molar-refractivity contribution < 1.29 is 4.79 Å². The smallest absolute Gasteiger partial charge is 0.243 e. The van der Waals surface area contributed by atoms with Gasteiger partial charge in [0.05, 0.1) is 11.7 Å². The van der Waals surface area contributed by atoms with Gasteiger partial charge >= 0.3 is 0 Å². The summed E-state index contributed by atoms with van der Waals surface area (Å²) in [6.45, 7) is 5.09. The quantitative estimate of drug-likeness (QED) is 0.880. The first-order chi connectivity index (χ1) is 10.6. The Morgan fingerprint density at radius 2 is 2.17 bits per heavy atom. The summed E-state index contributed by atoms with van der Waals surface area (Å²) in [5.41, 5.74) is 4.50. The van der Waals surface area contributed by atoms with Crippen molar-refractivity contribution in [3.63, 3.8) is 0 Å². The van der Waals surface area contributed by atoms with Crippen molar-refractivity contribution in [1.82, 2.24) is 10.3 Å². The number of benzene rings is 1. The first-order valence-corrected chi connectivity index (χ1v) is 8.59. The predicted molar refractivity (Wildman–Crippen MR) is 98.5 cm³/mol. The number of carbonyl (C=O) groups excluding carboxylic acids is 1. The zero-order valence-electron chi connectivity index (χ0n) is 13.4. The number of carbonyl (C=O) groups is 1. The van der Waals surface area contributed by atoms with Crippen molar-refractivity contribution in [1.29, 1.82) is 0 Å². The molecule has 1 atom stereocenters. The van der Waals surface area contributed by atoms with E-state index in [1.807, 2.05) is 5.38 Å². The van der Waals surface area contributed by atoms with Crippen molar-refractivity contribution >= 4 is 34.8 Å². The number of piperidine rings is 1. The number of amides is 1. The van der Waals surface area contributed by atoms with E-state index in [-0.39, 0.29) is 24.4 Å². The van der Waals surface area contributed by atoms with Crippen molar-refractivity contribution in [2.75, 3.05) is 11.9 Å². The van der Waals surface area contributed by atoms with Crippen LogP contribution in [0.4, 0.5) is 5.13 Å². The summed E-state index contributed by atoms with van der Waals surface area (Å²) in [6, 6.07) is 6.25. The topological polar surface area (TPSA) is 54.0 Å². The summed E-state index contributed by atoms with van der Waals surface area (Å²) in [5, 5.41) is 8.87. The fourth-order valence-corrected chi connectivity index (χ4v) is 3.54. The van der Waals surface area contributed by atoms with Gasteiger partial charge in [-0.3, -0.25) is 4.79 Å². The summed E-state index contributed by atoms with van der Waals surface area (Å²) >= 11 is 1.48. The van der Waals surface area contributed by atoms with Gasteiger partial charge in [0.1, 0.15) is 0 Å². The molecule has 1 fully saturated rings. The molecule has 4 nitrogen and oxygen atoms in total. The molecule has 1 aromatic carbocycles. The molecule has 0 spiro atoms. The summed E-state index contributed by atoms with van der Waals surface area (Å²) in [7, 11) is 0. The molecule has 1 saturated heterocycles. The lowest BCUT2D eigenvalue weighted by Crippen LogP contribution is -2.43. The van der Waals surface area contributed by atoms with Gasteiger partial charge in [-0.1, -0.05) is 30.2 Å². The molecule has 3 rings (SSSR count). The van der Waals surface area contributed by atoms with Crippen LogP contribution in [0, 0.1) is 13.8 Å². The Hall–Kier alpha value is -1.43. The molecule has 0 bridgehead atoms. The molecule has 1 aliphatic rings. The van der Waals surface area contributed by atoms with Crippen LogP contribution in [-0.2, 0) is 4.79 Å². The maximum atomic E-state index is 12.2. The van der Waals surface area contributed by atoms with Crippen LogP contribution in [0.1, 0.15) is 30.4 Å². The Morgan fingerprint density at radius 1 is 1.35 bits per heavy atom. The van der Waals surface area contributed by atoms with E-state index in [1.54, 1.807) is 0 Å².